The Balaban J connectivity index is 1.76. The molecule has 0 fully saturated rings. The van der Waals surface area contributed by atoms with Crippen molar-refractivity contribution in [2.75, 3.05) is 6.61 Å². The van der Waals surface area contributed by atoms with Gasteiger partial charge in [-0.1, -0.05) is 60.7 Å². The monoisotopic (exact) mass is 376 g/mol. The highest BCUT2D eigenvalue weighted by Crippen LogP contribution is 2.26. The Kier molecular flexibility index (Phi) is 6.14. The van der Waals surface area contributed by atoms with Gasteiger partial charge in [0.2, 0.25) is 8.32 Å². The van der Waals surface area contributed by atoms with E-state index in [0.717, 1.165) is 5.75 Å². The maximum atomic E-state index is 6.47. The molecule has 0 saturated heterocycles. The second kappa shape index (κ2) is 8.55. The van der Waals surface area contributed by atoms with E-state index in [9.17, 15) is 0 Å². The van der Waals surface area contributed by atoms with Crippen molar-refractivity contribution in [2.24, 2.45) is 0 Å². The third kappa shape index (κ3) is 4.68. The fraction of sp³-hybridized carbons (Fsp3) is 0.250. The lowest BCUT2D eigenvalue weighted by molar-refractivity contribution is 0.303. The average Bonchev–Trinajstić information content (AvgIpc) is 2.69. The molecule has 0 spiro atoms. The van der Waals surface area contributed by atoms with Crippen LogP contribution in [0.25, 0.3) is 11.1 Å². The summed E-state index contributed by atoms with van der Waals surface area (Å²) in [7, 11) is -1.98. The molecule has 0 heterocycles. The van der Waals surface area contributed by atoms with Crippen molar-refractivity contribution in [3.05, 3.63) is 83.9 Å². The van der Waals surface area contributed by atoms with E-state index < -0.39 is 8.32 Å². The van der Waals surface area contributed by atoms with Crippen molar-refractivity contribution in [3.63, 3.8) is 0 Å². The van der Waals surface area contributed by atoms with Gasteiger partial charge in [0.1, 0.15) is 5.75 Å². The van der Waals surface area contributed by atoms with Crippen LogP contribution in [0.2, 0.25) is 13.1 Å². The highest BCUT2D eigenvalue weighted by Gasteiger charge is 2.25. The minimum atomic E-state index is -1.98. The average molecular weight is 377 g/mol. The van der Waals surface area contributed by atoms with Crippen LogP contribution < -0.4 is 9.92 Å². The van der Waals surface area contributed by atoms with E-state index in [4.69, 9.17) is 9.16 Å². The van der Waals surface area contributed by atoms with Crippen molar-refractivity contribution >= 4 is 13.5 Å². The van der Waals surface area contributed by atoms with Gasteiger partial charge in [-0.05, 0) is 66.5 Å². The van der Waals surface area contributed by atoms with Gasteiger partial charge in [0.15, 0.2) is 0 Å². The van der Waals surface area contributed by atoms with Crippen molar-refractivity contribution in [3.8, 4) is 16.9 Å². The third-order valence-corrected chi connectivity index (χ3v) is 7.57. The summed E-state index contributed by atoms with van der Waals surface area (Å²) in [6.45, 7) is 10.0. The molecule has 0 saturated carbocycles. The first-order valence-electron chi connectivity index (χ1n) is 9.52. The molecule has 0 atom stereocenters. The van der Waals surface area contributed by atoms with Gasteiger partial charge in [-0.3, -0.25) is 0 Å². The number of rotatable bonds is 7. The summed E-state index contributed by atoms with van der Waals surface area (Å²) in [5, 5.41) is 1.28. The van der Waals surface area contributed by atoms with Crippen LogP contribution in [0.3, 0.4) is 0 Å². The van der Waals surface area contributed by atoms with E-state index in [0.29, 0.717) is 13.2 Å². The zero-order chi connectivity index (χ0) is 19.3. The van der Waals surface area contributed by atoms with E-state index in [1.807, 2.05) is 19.1 Å². The summed E-state index contributed by atoms with van der Waals surface area (Å²) in [6, 6.07) is 25.4. The first kappa shape index (κ1) is 19.4. The van der Waals surface area contributed by atoms with Gasteiger partial charge in [-0.15, -0.1) is 0 Å². The van der Waals surface area contributed by atoms with Crippen molar-refractivity contribution < 1.29 is 9.16 Å². The Morgan fingerprint density at radius 1 is 0.815 bits per heavy atom. The highest BCUT2D eigenvalue weighted by atomic mass is 28.4. The fourth-order valence-corrected chi connectivity index (χ4v) is 4.88. The van der Waals surface area contributed by atoms with Gasteiger partial charge in [0.25, 0.3) is 0 Å². The second-order valence-corrected chi connectivity index (χ2v) is 11.1. The van der Waals surface area contributed by atoms with Gasteiger partial charge in [0, 0.05) is 0 Å². The van der Waals surface area contributed by atoms with E-state index >= 15 is 0 Å². The van der Waals surface area contributed by atoms with Crippen LogP contribution >= 0.6 is 0 Å². The predicted octanol–water partition coefficient (Wildman–Crippen LogP) is 5.69. The Morgan fingerprint density at radius 3 is 2.19 bits per heavy atom. The van der Waals surface area contributed by atoms with Crippen LogP contribution in [0.1, 0.15) is 18.1 Å². The molecule has 0 bridgehead atoms. The zero-order valence-corrected chi connectivity index (χ0v) is 17.7. The molecule has 0 amide bonds. The molecule has 0 aliphatic carbocycles. The maximum absolute atomic E-state index is 6.47. The minimum absolute atomic E-state index is 0.638. The molecule has 0 aliphatic heterocycles. The lowest BCUT2D eigenvalue weighted by atomic mass is 9.97. The molecule has 0 aromatic heterocycles. The summed E-state index contributed by atoms with van der Waals surface area (Å²) < 4.78 is 12.0. The molecule has 0 N–H and O–H groups in total. The van der Waals surface area contributed by atoms with E-state index in [1.165, 1.54) is 27.4 Å². The van der Waals surface area contributed by atoms with Crippen LogP contribution in [0, 0.1) is 6.92 Å². The first-order chi connectivity index (χ1) is 13.0. The Hall–Kier alpha value is -2.36. The molecular formula is C24H28O2Si. The Labute approximate surface area is 163 Å². The maximum Gasteiger partial charge on any atom is 0.218 e. The highest BCUT2D eigenvalue weighted by molar-refractivity contribution is 6.84. The molecule has 0 aliphatic rings. The van der Waals surface area contributed by atoms with Crippen LogP contribution in [0.5, 0.6) is 5.75 Å². The molecule has 3 aromatic rings. The Morgan fingerprint density at radius 2 is 1.52 bits per heavy atom. The Bertz CT molecular complexity index is 871. The van der Waals surface area contributed by atoms with Crippen LogP contribution in [0.15, 0.2) is 72.8 Å². The molecular weight excluding hydrogens is 348 g/mol. The molecule has 2 nitrogen and oxygen atoms in total. The number of hydrogen-bond donors (Lipinski definition) is 0. The van der Waals surface area contributed by atoms with Gasteiger partial charge in [-0.25, -0.2) is 0 Å². The van der Waals surface area contributed by atoms with E-state index in [1.54, 1.807) is 0 Å². The fourth-order valence-electron chi connectivity index (χ4n) is 3.23. The molecule has 27 heavy (non-hydrogen) atoms. The van der Waals surface area contributed by atoms with Gasteiger partial charge < -0.3 is 9.16 Å². The molecule has 140 valence electrons. The standard InChI is InChI=1S/C24H28O2Si/c1-5-25-22-14-16-23(17-15-22)27(3,4)26-18-21-12-9-13-24(19(21)2)20-10-7-6-8-11-20/h6-17H,5,18H2,1-4H3. The molecule has 0 unspecified atom stereocenters. The van der Waals surface area contributed by atoms with Crippen LogP contribution in [-0.2, 0) is 11.0 Å². The summed E-state index contributed by atoms with van der Waals surface area (Å²) in [4.78, 5) is 0. The number of benzene rings is 3. The zero-order valence-electron chi connectivity index (χ0n) is 16.7. The largest absolute Gasteiger partial charge is 0.494 e. The molecule has 3 heteroatoms. The minimum Gasteiger partial charge on any atom is -0.494 e. The first-order valence-corrected chi connectivity index (χ1v) is 12.4. The van der Waals surface area contributed by atoms with Crippen molar-refractivity contribution in [1.29, 1.82) is 0 Å². The van der Waals surface area contributed by atoms with Gasteiger partial charge in [-0.2, -0.15) is 0 Å². The van der Waals surface area contributed by atoms with Crippen molar-refractivity contribution in [2.45, 2.75) is 33.5 Å². The molecule has 3 rings (SSSR count). The lowest BCUT2D eigenvalue weighted by Gasteiger charge is -2.24. The molecule has 3 aromatic carbocycles. The summed E-state index contributed by atoms with van der Waals surface area (Å²) in [5.74, 6) is 0.914. The van der Waals surface area contributed by atoms with Gasteiger partial charge in [0.05, 0.1) is 13.2 Å². The SMILES string of the molecule is CCOc1ccc([Si](C)(C)OCc2cccc(-c3ccccc3)c2C)cc1. The normalized spacial score (nSPS) is 11.4. The summed E-state index contributed by atoms with van der Waals surface area (Å²) in [6.07, 6.45) is 0. The van der Waals surface area contributed by atoms with Gasteiger partial charge >= 0.3 is 0 Å². The topological polar surface area (TPSA) is 18.5 Å². The number of hydrogen-bond acceptors (Lipinski definition) is 2. The third-order valence-electron chi connectivity index (χ3n) is 4.98. The van der Waals surface area contributed by atoms with Crippen LogP contribution in [0.4, 0.5) is 0 Å². The van der Waals surface area contributed by atoms with Crippen LogP contribution in [-0.4, -0.2) is 14.9 Å². The summed E-state index contributed by atoms with van der Waals surface area (Å²) >= 11 is 0. The number of ether oxygens (including phenoxy) is 1. The smallest absolute Gasteiger partial charge is 0.218 e. The second-order valence-electron chi connectivity index (χ2n) is 7.21. The van der Waals surface area contributed by atoms with E-state index in [-0.39, 0.29) is 0 Å². The summed E-state index contributed by atoms with van der Waals surface area (Å²) in [5.41, 5.74) is 5.07. The molecule has 0 radical (unpaired) electrons. The van der Waals surface area contributed by atoms with Crippen molar-refractivity contribution in [1.82, 2.24) is 0 Å². The van der Waals surface area contributed by atoms with E-state index in [2.05, 4.69) is 80.7 Å². The predicted molar refractivity (Wildman–Crippen MR) is 116 cm³/mol. The quantitative estimate of drug-likeness (QED) is 0.493. The lowest BCUT2D eigenvalue weighted by Crippen LogP contribution is -2.44.